The van der Waals surface area contributed by atoms with E-state index in [1.54, 1.807) is 54.2 Å². The number of benzene rings is 3. The van der Waals surface area contributed by atoms with Crippen molar-refractivity contribution in [3.63, 3.8) is 0 Å². The second-order valence-corrected chi connectivity index (χ2v) is 8.44. The molecule has 1 amide bonds. The van der Waals surface area contributed by atoms with Gasteiger partial charge in [0.1, 0.15) is 23.5 Å². The summed E-state index contributed by atoms with van der Waals surface area (Å²) in [5.74, 6) is -5.54. The van der Waals surface area contributed by atoms with Crippen LogP contribution in [0.3, 0.4) is 0 Å². The molecular formula is C26H23F4N3O2. The Kier molecular flexibility index (Phi) is 6.51. The zero-order valence-corrected chi connectivity index (χ0v) is 19.2. The summed E-state index contributed by atoms with van der Waals surface area (Å²) in [6.07, 6.45) is 0.651. The Morgan fingerprint density at radius 3 is 2.40 bits per heavy atom. The number of carbonyl (C=O) groups excluding carboxylic acids is 1. The molecule has 182 valence electrons. The monoisotopic (exact) mass is 485 g/mol. The Balaban J connectivity index is 1.68. The third kappa shape index (κ3) is 5.29. The van der Waals surface area contributed by atoms with Gasteiger partial charge in [-0.15, -0.1) is 0 Å². The van der Waals surface area contributed by atoms with Crippen LogP contribution in [0.25, 0.3) is 16.6 Å². The van der Waals surface area contributed by atoms with Crippen molar-refractivity contribution in [2.24, 2.45) is 0 Å². The lowest BCUT2D eigenvalue weighted by Crippen LogP contribution is -2.46. The summed E-state index contributed by atoms with van der Waals surface area (Å²) in [6, 6.07) is 14.2. The number of fused-ring (bicyclic) bond motifs is 1. The number of carbonyl (C=O) groups is 1. The molecule has 1 aromatic heterocycles. The van der Waals surface area contributed by atoms with Crippen molar-refractivity contribution in [3.05, 3.63) is 89.6 Å². The minimum atomic E-state index is -3.58. The van der Waals surface area contributed by atoms with Crippen molar-refractivity contribution >= 4 is 16.8 Å². The largest absolute Gasteiger partial charge is 0.484 e. The van der Waals surface area contributed by atoms with Crippen molar-refractivity contribution in [2.45, 2.75) is 38.8 Å². The Morgan fingerprint density at radius 2 is 1.71 bits per heavy atom. The number of hydrogen-bond acceptors (Lipinski definition) is 3. The number of alkyl halides is 2. The number of nitrogens with zero attached hydrogens (tertiary/aromatic N) is 2. The maximum atomic E-state index is 14.1. The zero-order valence-electron chi connectivity index (χ0n) is 19.2. The fourth-order valence-electron chi connectivity index (χ4n) is 3.78. The van der Waals surface area contributed by atoms with Gasteiger partial charge in [-0.3, -0.25) is 4.79 Å². The molecule has 4 aromatic rings. The smallest absolute Gasteiger partial charge is 0.321 e. The van der Waals surface area contributed by atoms with Crippen molar-refractivity contribution in [1.82, 2.24) is 15.1 Å². The molecule has 0 radical (unpaired) electrons. The summed E-state index contributed by atoms with van der Waals surface area (Å²) < 4.78 is 62.1. The molecule has 3 aromatic carbocycles. The molecule has 2 atom stereocenters. The minimum Gasteiger partial charge on any atom is -0.484 e. The maximum absolute atomic E-state index is 14.1. The maximum Gasteiger partial charge on any atom is 0.321 e. The molecule has 2 unspecified atom stereocenters. The third-order valence-electron chi connectivity index (χ3n) is 5.63. The van der Waals surface area contributed by atoms with Crippen LogP contribution in [-0.2, 0) is 4.79 Å². The lowest BCUT2D eigenvalue weighted by molar-refractivity contribution is -0.144. The Labute approximate surface area is 199 Å². The molecule has 5 nitrogen and oxygen atoms in total. The van der Waals surface area contributed by atoms with Gasteiger partial charge in [0.2, 0.25) is 0 Å². The fraction of sp³-hybridized carbons (Fsp3) is 0.231. The topological polar surface area (TPSA) is 56.1 Å². The highest BCUT2D eigenvalue weighted by molar-refractivity contribution is 5.83. The molecule has 0 saturated carbocycles. The van der Waals surface area contributed by atoms with E-state index in [1.165, 1.54) is 31.2 Å². The number of aromatic nitrogens is 2. The Morgan fingerprint density at radius 1 is 1.03 bits per heavy atom. The number of halogens is 4. The average molecular weight is 485 g/mol. The van der Waals surface area contributed by atoms with Crippen molar-refractivity contribution in [1.29, 1.82) is 0 Å². The molecule has 0 bridgehead atoms. The standard InChI is InChI=1S/C26H23F4N3O2/c1-15-4-5-19(28)13-22(15)24(16(2)32-25(34)26(3,29)30)35-21-10-11-23-17(12-21)14-31-33(23)20-8-6-18(27)7-9-20/h4-14,16,24H,1-3H3,(H,32,34). The molecule has 0 fully saturated rings. The number of amides is 1. The highest BCUT2D eigenvalue weighted by atomic mass is 19.3. The normalized spacial score (nSPS) is 13.5. The van der Waals surface area contributed by atoms with Crippen molar-refractivity contribution < 1.29 is 27.1 Å². The summed E-state index contributed by atoms with van der Waals surface area (Å²) in [4.78, 5) is 11.9. The second kappa shape index (κ2) is 9.40. The van der Waals surface area contributed by atoms with E-state index in [-0.39, 0.29) is 5.82 Å². The van der Waals surface area contributed by atoms with Crippen LogP contribution in [0.5, 0.6) is 5.75 Å². The summed E-state index contributed by atoms with van der Waals surface area (Å²) in [5.41, 5.74) is 2.49. The SMILES string of the molecule is Cc1ccc(F)cc1C(Oc1ccc2c(cnn2-c2ccc(F)cc2)c1)C(C)NC(=O)C(C)(F)F. The van der Waals surface area contributed by atoms with Crippen LogP contribution in [0, 0.1) is 18.6 Å². The first-order valence-electron chi connectivity index (χ1n) is 10.9. The molecule has 0 aliphatic carbocycles. The summed E-state index contributed by atoms with van der Waals surface area (Å²) in [6.45, 7) is 3.76. The van der Waals surface area contributed by atoms with Crippen molar-refractivity contribution in [3.8, 4) is 11.4 Å². The number of nitrogens with one attached hydrogen (secondary N) is 1. The first kappa shape index (κ1) is 24.3. The zero-order chi connectivity index (χ0) is 25.3. The third-order valence-corrected chi connectivity index (χ3v) is 5.63. The van der Waals surface area contributed by atoms with E-state index in [1.807, 2.05) is 0 Å². The van der Waals surface area contributed by atoms with E-state index in [9.17, 15) is 22.4 Å². The number of aryl methyl sites for hydroxylation is 1. The van der Waals surface area contributed by atoms with Crippen LogP contribution in [0.15, 0.2) is 66.9 Å². The lowest BCUT2D eigenvalue weighted by Gasteiger charge is -2.28. The van der Waals surface area contributed by atoms with Gasteiger partial charge in [0, 0.05) is 17.9 Å². The van der Waals surface area contributed by atoms with Crippen LogP contribution in [-0.4, -0.2) is 27.7 Å². The van der Waals surface area contributed by atoms with Gasteiger partial charge in [0.25, 0.3) is 5.91 Å². The van der Waals surface area contributed by atoms with E-state index in [0.29, 0.717) is 34.9 Å². The number of ether oxygens (including phenoxy) is 1. The summed E-state index contributed by atoms with van der Waals surface area (Å²) >= 11 is 0. The predicted molar refractivity (Wildman–Crippen MR) is 124 cm³/mol. The van der Waals surface area contributed by atoms with Gasteiger partial charge in [-0.05, 0) is 74.0 Å². The van der Waals surface area contributed by atoms with Crippen LogP contribution in [0.4, 0.5) is 17.6 Å². The van der Waals surface area contributed by atoms with Crippen LogP contribution < -0.4 is 10.1 Å². The van der Waals surface area contributed by atoms with Gasteiger partial charge in [-0.1, -0.05) is 6.07 Å². The minimum absolute atomic E-state index is 0.360. The highest BCUT2D eigenvalue weighted by Gasteiger charge is 2.35. The summed E-state index contributed by atoms with van der Waals surface area (Å²) in [7, 11) is 0. The fourth-order valence-corrected chi connectivity index (χ4v) is 3.78. The van der Waals surface area contributed by atoms with Gasteiger partial charge < -0.3 is 10.1 Å². The molecule has 0 saturated heterocycles. The van der Waals surface area contributed by atoms with E-state index in [0.717, 1.165) is 5.52 Å². The van der Waals surface area contributed by atoms with Crippen LogP contribution >= 0.6 is 0 Å². The quantitative estimate of drug-likeness (QED) is 0.332. The Hall–Kier alpha value is -3.88. The molecule has 0 spiro atoms. The van der Waals surface area contributed by atoms with E-state index in [2.05, 4.69) is 10.4 Å². The molecule has 0 aliphatic heterocycles. The van der Waals surface area contributed by atoms with Crippen molar-refractivity contribution in [2.75, 3.05) is 0 Å². The van der Waals surface area contributed by atoms with Crippen LogP contribution in [0.2, 0.25) is 0 Å². The Bertz CT molecular complexity index is 1360. The number of hydrogen-bond donors (Lipinski definition) is 1. The second-order valence-electron chi connectivity index (χ2n) is 8.44. The molecule has 9 heteroatoms. The lowest BCUT2D eigenvalue weighted by atomic mass is 9.98. The van der Waals surface area contributed by atoms with E-state index < -0.39 is 29.8 Å². The molecule has 0 aliphatic rings. The van der Waals surface area contributed by atoms with E-state index in [4.69, 9.17) is 4.74 Å². The van der Waals surface area contributed by atoms with Gasteiger partial charge in [-0.2, -0.15) is 13.9 Å². The van der Waals surface area contributed by atoms with E-state index >= 15 is 0 Å². The average Bonchev–Trinajstić information content (AvgIpc) is 3.22. The summed E-state index contributed by atoms with van der Waals surface area (Å²) in [5, 5.41) is 7.33. The van der Waals surface area contributed by atoms with Gasteiger partial charge in [0.05, 0.1) is 23.4 Å². The molecule has 4 rings (SSSR count). The predicted octanol–water partition coefficient (Wildman–Crippen LogP) is 5.89. The molecule has 1 heterocycles. The number of rotatable bonds is 7. The molecular weight excluding hydrogens is 462 g/mol. The first-order chi connectivity index (χ1) is 16.5. The van der Waals surface area contributed by atoms with Crippen LogP contribution in [0.1, 0.15) is 31.1 Å². The van der Waals surface area contributed by atoms with Gasteiger partial charge in [0.15, 0.2) is 0 Å². The highest BCUT2D eigenvalue weighted by Crippen LogP contribution is 2.31. The van der Waals surface area contributed by atoms with Gasteiger partial charge >= 0.3 is 5.92 Å². The van der Waals surface area contributed by atoms with Gasteiger partial charge in [-0.25, -0.2) is 13.5 Å². The molecule has 35 heavy (non-hydrogen) atoms. The molecule has 1 N–H and O–H groups in total. The first-order valence-corrected chi connectivity index (χ1v) is 10.9.